The summed E-state index contributed by atoms with van der Waals surface area (Å²) in [5.74, 6) is -0.0536. The van der Waals surface area contributed by atoms with Gasteiger partial charge in [-0.15, -0.1) is 0 Å². The van der Waals surface area contributed by atoms with Crippen molar-refractivity contribution in [3.05, 3.63) is 46.8 Å². The van der Waals surface area contributed by atoms with Crippen molar-refractivity contribution in [1.82, 2.24) is 15.2 Å². The summed E-state index contributed by atoms with van der Waals surface area (Å²) in [6, 6.07) is 8.82. The van der Waals surface area contributed by atoms with Crippen molar-refractivity contribution < 1.29 is 4.79 Å². The first-order chi connectivity index (χ1) is 10.2. The average molecular weight is 287 g/mol. The molecule has 0 fully saturated rings. The second-order valence-corrected chi connectivity index (χ2v) is 4.92. The van der Waals surface area contributed by atoms with Crippen molar-refractivity contribution in [1.29, 1.82) is 0 Å². The van der Waals surface area contributed by atoms with Gasteiger partial charge in [-0.25, -0.2) is 0 Å². The van der Waals surface area contributed by atoms with E-state index in [1.54, 1.807) is 16.8 Å². The van der Waals surface area contributed by atoms with Crippen LogP contribution in [0.2, 0.25) is 0 Å². The normalized spacial score (nSPS) is 10.7. The van der Waals surface area contributed by atoms with Crippen LogP contribution in [0.3, 0.4) is 0 Å². The molecule has 0 bridgehead atoms. The number of rotatable bonds is 7. The molecule has 1 heterocycles. The van der Waals surface area contributed by atoms with Crippen molar-refractivity contribution >= 4 is 16.8 Å². The summed E-state index contributed by atoms with van der Waals surface area (Å²) in [5.41, 5.74) is 0.760. The minimum atomic E-state index is -0.0536. The zero-order chi connectivity index (χ0) is 15.1. The van der Waals surface area contributed by atoms with E-state index in [9.17, 15) is 9.59 Å². The highest BCUT2D eigenvalue weighted by Crippen LogP contribution is 2.08. The predicted molar refractivity (Wildman–Crippen MR) is 84.4 cm³/mol. The van der Waals surface area contributed by atoms with E-state index in [1.165, 1.54) is 6.07 Å². The first kappa shape index (κ1) is 15.3. The highest BCUT2D eigenvalue weighted by atomic mass is 16.2. The third-order valence-corrected chi connectivity index (χ3v) is 3.25. The largest absolute Gasteiger partial charge is 0.353 e. The molecule has 0 aliphatic heterocycles. The standard InChI is InChI=1S/C16H21N3O2/c1-2-8-17-9-10-18-16(21)12-19-11-7-15(20)13-5-3-4-6-14(13)19/h3-7,11,17H,2,8-10,12H2,1H3,(H,18,21). The van der Waals surface area contributed by atoms with Crippen molar-refractivity contribution in [3.63, 3.8) is 0 Å². The summed E-state index contributed by atoms with van der Waals surface area (Å²) in [6.07, 6.45) is 2.75. The van der Waals surface area contributed by atoms with E-state index < -0.39 is 0 Å². The smallest absolute Gasteiger partial charge is 0.239 e. The van der Waals surface area contributed by atoms with E-state index in [4.69, 9.17) is 0 Å². The topological polar surface area (TPSA) is 63.1 Å². The maximum absolute atomic E-state index is 11.9. The fourth-order valence-electron chi connectivity index (χ4n) is 2.20. The lowest BCUT2D eigenvalue weighted by Gasteiger charge is -2.11. The Morgan fingerprint density at radius 3 is 2.76 bits per heavy atom. The van der Waals surface area contributed by atoms with Gasteiger partial charge in [0.2, 0.25) is 5.91 Å². The van der Waals surface area contributed by atoms with Crippen molar-refractivity contribution in [2.75, 3.05) is 19.6 Å². The predicted octanol–water partition coefficient (Wildman–Crippen LogP) is 1.12. The third-order valence-electron chi connectivity index (χ3n) is 3.25. The van der Waals surface area contributed by atoms with Crippen LogP contribution in [-0.2, 0) is 11.3 Å². The molecule has 1 amide bonds. The van der Waals surface area contributed by atoms with Crippen LogP contribution in [0.5, 0.6) is 0 Å². The van der Waals surface area contributed by atoms with Crippen molar-refractivity contribution in [2.45, 2.75) is 19.9 Å². The number of benzene rings is 1. The molecule has 1 aromatic carbocycles. The molecule has 0 aliphatic rings. The van der Waals surface area contributed by atoms with Gasteiger partial charge in [-0.2, -0.15) is 0 Å². The Kier molecular flexibility index (Phi) is 5.51. The number of carbonyl (C=O) groups excluding carboxylic acids is 1. The maximum atomic E-state index is 11.9. The van der Waals surface area contributed by atoms with Crippen LogP contribution in [0.4, 0.5) is 0 Å². The molecule has 0 saturated heterocycles. The lowest BCUT2D eigenvalue weighted by atomic mass is 10.2. The van der Waals surface area contributed by atoms with Gasteiger partial charge in [0.05, 0.1) is 5.52 Å². The molecule has 0 atom stereocenters. The third kappa shape index (κ3) is 4.16. The van der Waals surface area contributed by atoms with Crippen LogP contribution in [0.1, 0.15) is 13.3 Å². The maximum Gasteiger partial charge on any atom is 0.239 e. The van der Waals surface area contributed by atoms with E-state index in [-0.39, 0.29) is 17.9 Å². The van der Waals surface area contributed by atoms with Gasteiger partial charge in [-0.05, 0) is 25.1 Å². The number of hydrogen-bond acceptors (Lipinski definition) is 3. The fraction of sp³-hybridized carbons (Fsp3) is 0.375. The molecule has 5 heteroatoms. The van der Waals surface area contributed by atoms with Crippen LogP contribution in [0, 0.1) is 0 Å². The number of amides is 1. The number of aromatic nitrogens is 1. The molecular formula is C16H21N3O2. The van der Waals surface area contributed by atoms with E-state index in [1.807, 2.05) is 18.2 Å². The van der Waals surface area contributed by atoms with E-state index in [0.717, 1.165) is 25.0 Å². The Balaban J connectivity index is 1.98. The summed E-state index contributed by atoms with van der Waals surface area (Å²) in [6.45, 7) is 4.66. The summed E-state index contributed by atoms with van der Waals surface area (Å²) >= 11 is 0. The molecule has 0 saturated carbocycles. The fourth-order valence-corrected chi connectivity index (χ4v) is 2.20. The number of fused-ring (bicyclic) bond motifs is 1. The molecule has 0 radical (unpaired) electrons. The Morgan fingerprint density at radius 1 is 1.14 bits per heavy atom. The van der Waals surface area contributed by atoms with Crippen LogP contribution in [0.15, 0.2) is 41.3 Å². The van der Waals surface area contributed by atoms with Crippen molar-refractivity contribution in [3.8, 4) is 0 Å². The molecule has 21 heavy (non-hydrogen) atoms. The molecule has 1 aromatic heterocycles. The second-order valence-electron chi connectivity index (χ2n) is 4.92. The Hall–Kier alpha value is -2.14. The summed E-state index contributed by atoms with van der Waals surface area (Å²) in [7, 11) is 0. The van der Waals surface area contributed by atoms with E-state index >= 15 is 0 Å². The number of nitrogens with one attached hydrogen (secondary N) is 2. The van der Waals surface area contributed by atoms with Gasteiger partial charge in [0.1, 0.15) is 6.54 Å². The molecule has 0 spiro atoms. The quantitative estimate of drug-likeness (QED) is 0.750. The van der Waals surface area contributed by atoms with Gasteiger partial charge in [-0.3, -0.25) is 9.59 Å². The number of pyridine rings is 1. The molecule has 0 unspecified atom stereocenters. The van der Waals surface area contributed by atoms with Crippen LogP contribution < -0.4 is 16.1 Å². The van der Waals surface area contributed by atoms with Gasteiger partial charge in [-0.1, -0.05) is 19.1 Å². The van der Waals surface area contributed by atoms with Crippen LogP contribution in [-0.4, -0.2) is 30.1 Å². The van der Waals surface area contributed by atoms with Gasteiger partial charge in [0.15, 0.2) is 5.43 Å². The SMILES string of the molecule is CCCNCCNC(=O)Cn1ccc(=O)c2ccccc21. The van der Waals surface area contributed by atoms with Crippen LogP contribution >= 0.6 is 0 Å². The highest BCUT2D eigenvalue weighted by Gasteiger charge is 2.06. The van der Waals surface area contributed by atoms with Crippen LogP contribution in [0.25, 0.3) is 10.9 Å². The van der Waals surface area contributed by atoms with Crippen molar-refractivity contribution in [2.24, 2.45) is 0 Å². The summed E-state index contributed by atoms with van der Waals surface area (Å²) in [4.78, 5) is 23.7. The number of para-hydroxylation sites is 1. The lowest BCUT2D eigenvalue weighted by Crippen LogP contribution is -2.34. The molecular weight excluding hydrogens is 266 g/mol. The van der Waals surface area contributed by atoms with Gasteiger partial charge >= 0.3 is 0 Å². The molecule has 2 N–H and O–H groups in total. The Bertz CT molecular complexity index is 664. The number of carbonyl (C=O) groups is 1. The zero-order valence-corrected chi connectivity index (χ0v) is 12.3. The monoisotopic (exact) mass is 287 g/mol. The lowest BCUT2D eigenvalue weighted by molar-refractivity contribution is -0.121. The van der Waals surface area contributed by atoms with E-state index in [2.05, 4.69) is 17.6 Å². The first-order valence-electron chi connectivity index (χ1n) is 7.28. The number of nitrogens with zero attached hydrogens (tertiary/aromatic N) is 1. The summed E-state index contributed by atoms with van der Waals surface area (Å²) < 4.78 is 1.80. The summed E-state index contributed by atoms with van der Waals surface area (Å²) in [5, 5.41) is 6.73. The molecule has 0 aliphatic carbocycles. The van der Waals surface area contributed by atoms with Gasteiger partial charge < -0.3 is 15.2 Å². The van der Waals surface area contributed by atoms with Gasteiger partial charge in [0, 0.05) is 30.7 Å². The highest BCUT2D eigenvalue weighted by molar-refractivity contribution is 5.82. The molecule has 2 aromatic rings. The Labute approximate surface area is 124 Å². The minimum absolute atomic E-state index is 0.0222. The number of hydrogen-bond donors (Lipinski definition) is 2. The molecule has 112 valence electrons. The van der Waals surface area contributed by atoms with Gasteiger partial charge in [0.25, 0.3) is 0 Å². The molecule has 5 nitrogen and oxygen atoms in total. The molecule has 2 rings (SSSR count). The van der Waals surface area contributed by atoms with E-state index in [0.29, 0.717) is 11.9 Å². The first-order valence-corrected chi connectivity index (χ1v) is 7.28. The second kappa shape index (κ2) is 7.59. The minimum Gasteiger partial charge on any atom is -0.353 e. The zero-order valence-electron chi connectivity index (χ0n) is 12.3. The average Bonchev–Trinajstić information content (AvgIpc) is 2.50. The Morgan fingerprint density at radius 2 is 1.95 bits per heavy atom.